The number of carbonyl (C=O) groups is 2. The molecule has 0 N–H and O–H groups in total. The fraction of sp³-hybridized carbons (Fsp3) is 0.529. The SMILES string of the molecule is Cc1cccc(C(=O)N2CCN(C(=O)N3CCOCC3)CC2)c1. The van der Waals surface area contributed by atoms with E-state index in [1.165, 1.54) is 0 Å². The molecule has 0 unspecified atom stereocenters. The number of carbonyl (C=O) groups excluding carboxylic acids is 2. The van der Waals surface area contributed by atoms with Gasteiger partial charge in [0.25, 0.3) is 5.91 Å². The van der Waals surface area contributed by atoms with Crippen LogP contribution in [-0.2, 0) is 4.74 Å². The van der Waals surface area contributed by atoms with Crippen LogP contribution in [0, 0.1) is 6.92 Å². The van der Waals surface area contributed by atoms with Gasteiger partial charge in [0.05, 0.1) is 13.2 Å². The van der Waals surface area contributed by atoms with Crippen LogP contribution in [-0.4, -0.2) is 79.1 Å². The van der Waals surface area contributed by atoms with Crippen LogP contribution < -0.4 is 0 Å². The molecule has 2 heterocycles. The third-order valence-corrected chi connectivity index (χ3v) is 4.38. The standard InChI is InChI=1S/C17H23N3O3/c1-14-3-2-4-15(13-14)16(21)18-5-7-19(8-6-18)17(22)20-9-11-23-12-10-20/h2-4,13H,5-12H2,1H3. The monoisotopic (exact) mass is 317 g/mol. The minimum atomic E-state index is 0.0483. The number of hydrogen-bond donors (Lipinski definition) is 0. The van der Waals surface area contributed by atoms with Gasteiger partial charge in [-0.2, -0.15) is 0 Å². The van der Waals surface area contributed by atoms with Crippen molar-refractivity contribution >= 4 is 11.9 Å². The normalized spacial score (nSPS) is 18.9. The van der Waals surface area contributed by atoms with Crippen molar-refractivity contribution in [1.82, 2.24) is 14.7 Å². The van der Waals surface area contributed by atoms with Crippen molar-refractivity contribution in [3.63, 3.8) is 0 Å². The van der Waals surface area contributed by atoms with E-state index in [0.29, 0.717) is 52.5 Å². The van der Waals surface area contributed by atoms with E-state index in [4.69, 9.17) is 4.74 Å². The van der Waals surface area contributed by atoms with Crippen LogP contribution in [0.1, 0.15) is 15.9 Å². The number of ether oxygens (including phenoxy) is 1. The van der Waals surface area contributed by atoms with Crippen LogP contribution in [0.25, 0.3) is 0 Å². The quantitative estimate of drug-likeness (QED) is 0.782. The van der Waals surface area contributed by atoms with Crippen molar-refractivity contribution in [2.24, 2.45) is 0 Å². The lowest BCUT2D eigenvalue weighted by atomic mass is 10.1. The van der Waals surface area contributed by atoms with E-state index < -0.39 is 0 Å². The second kappa shape index (κ2) is 7.00. The third kappa shape index (κ3) is 3.64. The van der Waals surface area contributed by atoms with E-state index in [1.807, 2.05) is 45.9 Å². The molecule has 3 rings (SSSR count). The highest BCUT2D eigenvalue weighted by molar-refractivity contribution is 5.94. The molecule has 0 bridgehead atoms. The van der Waals surface area contributed by atoms with Crippen LogP contribution >= 0.6 is 0 Å². The predicted molar refractivity (Wildman–Crippen MR) is 86.4 cm³/mol. The van der Waals surface area contributed by atoms with Crippen molar-refractivity contribution in [1.29, 1.82) is 0 Å². The maximum absolute atomic E-state index is 12.5. The number of urea groups is 1. The molecule has 0 saturated carbocycles. The van der Waals surface area contributed by atoms with E-state index in [1.54, 1.807) is 0 Å². The summed E-state index contributed by atoms with van der Waals surface area (Å²) in [5.41, 5.74) is 1.80. The van der Waals surface area contributed by atoms with E-state index in [9.17, 15) is 9.59 Å². The van der Waals surface area contributed by atoms with E-state index >= 15 is 0 Å². The zero-order valence-corrected chi connectivity index (χ0v) is 13.5. The van der Waals surface area contributed by atoms with Gasteiger partial charge in [-0.1, -0.05) is 17.7 Å². The lowest BCUT2D eigenvalue weighted by Crippen LogP contribution is -2.55. The highest BCUT2D eigenvalue weighted by Gasteiger charge is 2.28. The summed E-state index contributed by atoms with van der Waals surface area (Å²) in [5.74, 6) is 0.0483. The van der Waals surface area contributed by atoms with Gasteiger partial charge < -0.3 is 19.4 Å². The Kier molecular flexibility index (Phi) is 4.81. The van der Waals surface area contributed by atoms with Gasteiger partial charge in [0.15, 0.2) is 0 Å². The Morgan fingerprint density at radius 1 is 0.913 bits per heavy atom. The fourth-order valence-electron chi connectivity index (χ4n) is 3.02. The minimum absolute atomic E-state index is 0.0483. The molecule has 2 aliphatic rings. The highest BCUT2D eigenvalue weighted by Crippen LogP contribution is 2.12. The first-order valence-electron chi connectivity index (χ1n) is 8.13. The summed E-state index contributed by atoms with van der Waals surface area (Å²) in [7, 11) is 0. The second-order valence-corrected chi connectivity index (χ2v) is 6.03. The third-order valence-electron chi connectivity index (χ3n) is 4.38. The molecule has 0 aliphatic carbocycles. The lowest BCUT2D eigenvalue weighted by Gasteiger charge is -2.38. The van der Waals surface area contributed by atoms with Crippen LogP contribution in [0.2, 0.25) is 0 Å². The molecule has 0 atom stereocenters. The van der Waals surface area contributed by atoms with E-state index in [-0.39, 0.29) is 11.9 Å². The molecule has 6 heteroatoms. The van der Waals surface area contributed by atoms with Gasteiger partial charge in [0.2, 0.25) is 0 Å². The summed E-state index contributed by atoms with van der Waals surface area (Å²) in [6, 6.07) is 7.71. The minimum Gasteiger partial charge on any atom is -0.378 e. The Hall–Kier alpha value is -2.08. The maximum atomic E-state index is 12.5. The van der Waals surface area contributed by atoms with E-state index in [2.05, 4.69) is 0 Å². The first-order valence-corrected chi connectivity index (χ1v) is 8.13. The number of morpholine rings is 1. The van der Waals surface area contributed by atoms with Gasteiger partial charge in [0, 0.05) is 44.8 Å². The van der Waals surface area contributed by atoms with Gasteiger partial charge in [-0.15, -0.1) is 0 Å². The molecular weight excluding hydrogens is 294 g/mol. The second-order valence-electron chi connectivity index (χ2n) is 6.03. The number of hydrogen-bond acceptors (Lipinski definition) is 3. The summed E-state index contributed by atoms with van der Waals surface area (Å²) in [6.07, 6.45) is 0. The van der Waals surface area contributed by atoms with Gasteiger partial charge in [-0.05, 0) is 19.1 Å². The van der Waals surface area contributed by atoms with Crippen LogP contribution in [0.5, 0.6) is 0 Å². The van der Waals surface area contributed by atoms with Crippen molar-refractivity contribution in [2.75, 3.05) is 52.5 Å². The summed E-state index contributed by atoms with van der Waals surface area (Å²) in [6.45, 7) is 6.86. The van der Waals surface area contributed by atoms with Gasteiger partial charge >= 0.3 is 6.03 Å². The smallest absolute Gasteiger partial charge is 0.320 e. The van der Waals surface area contributed by atoms with Crippen molar-refractivity contribution in [3.8, 4) is 0 Å². The van der Waals surface area contributed by atoms with Crippen LogP contribution in [0.4, 0.5) is 4.79 Å². The summed E-state index contributed by atoms with van der Waals surface area (Å²) < 4.78 is 5.28. The molecule has 23 heavy (non-hydrogen) atoms. The fourth-order valence-corrected chi connectivity index (χ4v) is 3.02. The summed E-state index contributed by atoms with van der Waals surface area (Å²) in [5, 5.41) is 0. The zero-order valence-electron chi connectivity index (χ0n) is 13.5. The largest absolute Gasteiger partial charge is 0.378 e. The first kappa shape index (κ1) is 15.8. The molecule has 0 spiro atoms. The summed E-state index contributed by atoms with van der Waals surface area (Å²) >= 11 is 0. The molecule has 2 fully saturated rings. The number of benzene rings is 1. The van der Waals surface area contributed by atoms with Gasteiger partial charge in [-0.25, -0.2) is 4.79 Å². The molecule has 2 aliphatic heterocycles. The average Bonchev–Trinajstić information content (AvgIpc) is 2.61. The molecule has 1 aromatic rings. The van der Waals surface area contributed by atoms with Crippen LogP contribution in [0.15, 0.2) is 24.3 Å². The Bertz CT molecular complexity index is 576. The Labute approximate surface area is 136 Å². The Morgan fingerprint density at radius 2 is 1.52 bits per heavy atom. The van der Waals surface area contributed by atoms with Crippen molar-refractivity contribution in [2.45, 2.75) is 6.92 Å². The van der Waals surface area contributed by atoms with Crippen LogP contribution in [0.3, 0.4) is 0 Å². The molecule has 6 nitrogen and oxygen atoms in total. The predicted octanol–water partition coefficient (Wildman–Crippen LogP) is 1.21. The number of piperazine rings is 1. The molecule has 2 saturated heterocycles. The van der Waals surface area contributed by atoms with Gasteiger partial charge in [-0.3, -0.25) is 4.79 Å². The summed E-state index contributed by atoms with van der Waals surface area (Å²) in [4.78, 5) is 30.5. The molecular formula is C17H23N3O3. The molecule has 1 aromatic carbocycles. The van der Waals surface area contributed by atoms with Crippen molar-refractivity contribution < 1.29 is 14.3 Å². The number of amides is 3. The van der Waals surface area contributed by atoms with E-state index in [0.717, 1.165) is 11.1 Å². The Morgan fingerprint density at radius 3 is 2.17 bits per heavy atom. The molecule has 124 valence electrons. The maximum Gasteiger partial charge on any atom is 0.320 e. The Balaban J connectivity index is 1.55. The topological polar surface area (TPSA) is 53.1 Å². The lowest BCUT2D eigenvalue weighted by molar-refractivity contribution is 0.0362. The van der Waals surface area contributed by atoms with Gasteiger partial charge in [0.1, 0.15) is 0 Å². The first-order chi connectivity index (χ1) is 11.1. The molecule has 0 radical (unpaired) electrons. The molecule has 0 aromatic heterocycles. The number of aryl methyl sites for hydroxylation is 1. The van der Waals surface area contributed by atoms with Crippen molar-refractivity contribution in [3.05, 3.63) is 35.4 Å². The highest BCUT2D eigenvalue weighted by atomic mass is 16.5. The zero-order chi connectivity index (χ0) is 16.2. The molecule has 3 amide bonds. The number of nitrogens with zero attached hydrogens (tertiary/aromatic N) is 3. The average molecular weight is 317 g/mol. The number of rotatable bonds is 1.